The van der Waals surface area contributed by atoms with Gasteiger partial charge in [0.1, 0.15) is 0 Å². The Hall–Kier alpha value is -2.93. The quantitative estimate of drug-likeness (QED) is 0.654. The van der Waals surface area contributed by atoms with Gasteiger partial charge < -0.3 is 10.4 Å². The van der Waals surface area contributed by atoms with E-state index in [4.69, 9.17) is 5.11 Å². The van der Waals surface area contributed by atoms with E-state index in [1.54, 1.807) is 28.2 Å². The SMILES string of the molecule is Cc1nn(-c2ccc(C(=O)NCc3cccs3)cc2)c(C)c1CCC(=O)O. The predicted molar refractivity (Wildman–Crippen MR) is 104 cm³/mol. The highest BCUT2D eigenvalue weighted by molar-refractivity contribution is 7.09. The Morgan fingerprint density at radius 2 is 1.93 bits per heavy atom. The number of hydrogen-bond donors (Lipinski definition) is 2. The van der Waals surface area contributed by atoms with Crippen molar-refractivity contribution in [3.63, 3.8) is 0 Å². The summed E-state index contributed by atoms with van der Waals surface area (Å²) in [4.78, 5) is 24.2. The highest BCUT2D eigenvalue weighted by Gasteiger charge is 2.14. The molecule has 7 heteroatoms. The highest BCUT2D eigenvalue weighted by atomic mass is 32.1. The van der Waals surface area contributed by atoms with Crippen LogP contribution in [0.25, 0.3) is 5.69 Å². The van der Waals surface area contributed by atoms with Gasteiger partial charge in [-0.15, -0.1) is 11.3 Å². The molecule has 2 heterocycles. The van der Waals surface area contributed by atoms with Crippen LogP contribution in [0, 0.1) is 13.8 Å². The first kappa shape index (κ1) is 18.8. The molecule has 140 valence electrons. The van der Waals surface area contributed by atoms with Crippen LogP contribution in [0.4, 0.5) is 0 Å². The maximum atomic E-state index is 12.3. The maximum absolute atomic E-state index is 12.3. The normalized spacial score (nSPS) is 10.7. The molecule has 0 bridgehead atoms. The van der Waals surface area contributed by atoms with Crippen molar-refractivity contribution in [1.29, 1.82) is 0 Å². The second kappa shape index (κ2) is 8.18. The fraction of sp³-hybridized carbons (Fsp3) is 0.250. The van der Waals surface area contributed by atoms with Gasteiger partial charge in [0, 0.05) is 22.6 Å². The first-order valence-electron chi connectivity index (χ1n) is 8.63. The maximum Gasteiger partial charge on any atom is 0.303 e. The summed E-state index contributed by atoms with van der Waals surface area (Å²) in [7, 11) is 0. The van der Waals surface area contributed by atoms with Gasteiger partial charge >= 0.3 is 5.97 Å². The van der Waals surface area contributed by atoms with Gasteiger partial charge in [-0.25, -0.2) is 4.68 Å². The van der Waals surface area contributed by atoms with Crippen molar-refractivity contribution in [1.82, 2.24) is 15.1 Å². The number of benzene rings is 1. The number of nitrogens with zero attached hydrogens (tertiary/aromatic N) is 2. The van der Waals surface area contributed by atoms with Crippen molar-refractivity contribution in [2.45, 2.75) is 33.2 Å². The molecular formula is C20H21N3O3S. The summed E-state index contributed by atoms with van der Waals surface area (Å²) in [6.45, 7) is 4.33. The molecule has 1 amide bonds. The number of nitrogens with one attached hydrogen (secondary N) is 1. The molecule has 0 atom stereocenters. The van der Waals surface area contributed by atoms with Crippen molar-refractivity contribution in [3.8, 4) is 5.69 Å². The Labute approximate surface area is 161 Å². The Kier molecular flexibility index (Phi) is 5.71. The van der Waals surface area contributed by atoms with Gasteiger partial charge in [0.25, 0.3) is 5.91 Å². The lowest BCUT2D eigenvalue weighted by Crippen LogP contribution is -2.22. The minimum atomic E-state index is -0.820. The highest BCUT2D eigenvalue weighted by Crippen LogP contribution is 2.20. The smallest absolute Gasteiger partial charge is 0.303 e. The zero-order valence-electron chi connectivity index (χ0n) is 15.2. The summed E-state index contributed by atoms with van der Waals surface area (Å²) in [5.74, 6) is -0.940. The summed E-state index contributed by atoms with van der Waals surface area (Å²) in [6, 6.07) is 11.2. The minimum Gasteiger partial charge on any atom is -0.481 e. The van der Waals surface area contributed by atoms with Crippen molar-refractivity contribution in [2.75, 3.05) is 0 Å². The number of aliphatic carboxylic acids is 1. The summed E-state index contributed by atoms with van der Waals surface area (Å²) < 4.78 is 1.79. The van der Waals surface area contributed by atoms with Crippen molar-refractivity contribution >= 4 is 23.2 Å². The summed E-state index contributed by atoms with van der Waals surface area (Å²) >= 11 is 1.61. The number of carbonyl (C=O) groups excluding carboxylic acids is 1. The molecule has 0 saturated heterocycles. The van der Waals surface area contributed by atoms with Gasteiger partial charge in [0.2, 0.25) is 0 Å². The van der Waals surface area contributed by atoms with Crippen molar-refractivity contribution in [2.24, 2.45) is 0 Å². The molecule has 2 aromatic heterocycles. The second-order valence-electron chi connectivity index (χ2n) is 6.26. The number of carboxylic acids is 1. The topological polar surface area (TPSA) is 84.2 Å². The molecule has 1 aromatic carbocycles. The van der Waals surface area contributed by atoms with Crippen LogP contribution in [-0.4, -0.2) is 26.8 Å². The van der Waals surface area contributed by atoms with E-state index in [1.165, 1.54) is 0 Å². The van der Waals surface area contributed by atoms with E-state index in [0.717, 1.165) is 27.5 Å². The van der Waals surface area contributed by atoms with Gasteiger partial charge in [-0.1, -0.05) is 6.07 Å². The largest absolute Gasteiger partial charge is 0.481 e. The molecule has 0 fully saturated rings. The van der Waals surface area contributed by atoms with Crippen LogP contribution < -0.4 is 5.32 Å². The summed E-state index contributed by atoms with van der Waals surface area (Å²) in [6.07, 6.45) is 0.535. The average molecular weight is 383 g/mol. The Morgan fingerprint density at radius 1 is 1.19 bits per heavy atom. The number of carboxylic acid groups (broad SMARTS) is 1. The fourth-order valence-corrected chi connectivity index (χ4v) is 3.60. The van der Waals surface area contributed by atoms with Gasteiger partial charge in [0.15, 0.2) is 0 Å². The lowest BCUT2D eigenvalue weighted by atomic mass is 10.1. The summed E-state index contributed by atoms with van der Waals surface area (Å²) in [5, 5.41) is 18.3. The predicted octanol–water partition coefficient (Wildman–Crippen LogP) is 3.50. The molecule has 0 saturated carbocycles. The molecule has 0 aliphatic heterocycles. The number of carbonyl (C=O) groups is 2. The number of aromatic nitrogens is 2. The van der Waals surface area contributed by atoms with Crippen LogP contribution in [0.15, 0.2) is 41.8 Å². The van der Waals surface area contributed by atoms with E-state index in [1.807, 2.05) is 43.5 Å². The molecule has 3 aromatic rings. The van der Waals surface area contributed by atoms with Crippen LogP contribution in [0.5, 0.6) is 0 Å². The third-order valence-electron chi connectivity index (χ3n) is 4.41. The molecule has 3 rings (SSSR count). The van der Waals surface area contributed by atoms with E-state index in [2.05, 4.69) is 10.4 Å². The van der Waals surface area contributed by atoms with Gasteiger partial charge in [0.05, 0.1) is 17.9 Å². The first-order valence-corrected chi connectivity index (χ1v) is 9.51. The Morgan fingerprint density at radius 3 is 2.56 bits per heavy atom. The van der Waals surface area contributed by atoms with Gasteiger partial charge in [-0.05, 0) is 61.5 Å². The molecule has 0 aliphatic rings. The number of hydrogen-bond acceptors (Lipinski definition) is 4. The Balaban J connectivity index is 1.72. The van der Waals surface area contributed by atoms with E-state index >= 15 is 0 Å². The van der Waals surface area contributed by atoms with Gasteiger partial charge in [-0.3, -0.25) is 9.59 Å². The van der Waals surface area contributed by atoms with Crippen LogP contribution in [0.1, 0.15) is 38.6 Å². The molecule has 0 unspecified atom stereocenters. The molecule has 27 heavy (non-hydrogen) atoms. The monoisotopic (exact) mass is 383 g/mol. The lowest BCUT2D eigenvalue weighted by molar-refractivity contribution is -0.136. The van der Waals surface area contributed by atoms with Gasteiger partial charge in [-0.2, -0.15) is 5.10 Å². The first-order chi connectivity index (χ1) is 13.0. The van der Waals surface area contributed by atoms with Crippen molar-refractivity contribution < 1.29 is 14.7 Å². The number of thiophene rings is 1. The van der Waals surface area contributed by atoms with Crippen LogP contribution in [-0.2, 0) is 17.8 Å². The minimum absolute atomic E-state index is 0.0801. The molecule has 6 nitrogen and oxygen atoms in total. The Bertz CT molecular complexity index is 944. The molecule has 0 aliphatic carbocycles. The van der Waals surface area contributed by atoms with E-state index in [-0.39, 0.29) is 12.3 Å². The standard InChI is InChI=1S/C20H21N3O3S/c1-13-18(9-10-19(24)25)14(2)23(22-13)16-7-5-15(6-8-16)20(26)21-12-17-4-3-11-27-17/h3-8,11H,9-10,12H2,1-2H3,(H,21,26)(H,24,25). The molecule has 0 spiro atoms. The lowest BCUT2D eigenvalue weighted by Gasteiger charge is -2.08. The molecule has 0 radical (unpaired) electrons. The molecule has 2 N–H and O–H groups in total. The zero-order valence-corrected chi connectivity index (χ0v) is 16.0. The van der Waals surface area contributed by atoms with E-state index in [0.29, 0.717) is 18.5 Å². The molecular weight excluding hydrogens is 362 g/mol. The van der Waals surface area contributed by atoms with E-state index < -0.39 is 5.97 Å². The van der Waals surface area contributed by atoms with Crippen LogP contribution in [0.3, 0.4) is 0 Å². The number of aryl methyl sites for hydroxylation is 1. The number of amides is 1. The fourth-order valence-electron chi connectivity index (χ4n) is 2.96. The summed E-state index contributed by atoms with van der Waals surface area (Å²) in [5.41, 5.74) is 4.13. The van der Waals surface area contributed by atoms with Crippen LogP contribution in [0.2, 0.25) is 0 Å². The van der Waals surface area contributed by atoms with Crippen molar-refractivity contribution in [3.05, 3.63) is 69.2 Å². The third kappa shape index (κ3) is 4.43. The van der Waals surface area contributed by atoms with E-state index in [9.17, 15) is 9.59 Å². The third-order valence-corrected chi connectivity index (χ3v) is 5.28. The van der Waals surface area contributed by atoms with Crippen LogP contribution >= 0.6 is 11.3 Å². The zero-order chi connectivity index (χ0) is 19.4. The average Bonchev–Trinajstić information content (AvgIpc) is 3.26. The number of rotatable bonds is 7. The second-order valence-corrected chi connectivity index (χ2v) is 7.30.